The Balaban J connectivity index is 1.59. The zero-order valence-corrected chi connectivity index (χ0v) is 11.3. The third kappa shape index (κ3) is 2.05. The van der Waals surface area contributed by atoms with Gasteiger partial charge in [-0.2, -0.15) is 0 Å². The lowest BCUT2D eigenvalue weighted by atomic mass is 9.98. The second-order valence-corrected chi connectivity index (χ2v) is 6.03. The zero-order chi connectivity index (χ0) is 12.6. The Morgan fingerprint density at radius 3 is 2.83 bits per heavy atom. The Morgan fingerprint density at radius 2 is 2.17 bits per heavy atom. The fourth-order valence-electron chi connectivity index (χ4n) is 3.78. The first-order valence-electron chi connectivity index (χ1n) is 7.42. The summed E-state index contributed by atoms with van der Waals surface area (Å²) >= 11 is 0. The Hall–Kier alpha value is -0.610. The quantitative estimate of drug-likeness (QED) is 0.830. The number of rotatable bonds is 3. The normalized spacial score (nSPS) is 34.9. The molecule has 18 heavy (non-hydrogen) atoms. The summed E-state index contributed by atoms with van der Waals surface area (Å²) in [4.78, 5) is 14.6. The standard InChI is InChI=1S/C14H24N2O2/c1-11-15-14(7-2-3-8-14)13(17)16(11)9-6-12-5-4-10-18-12/h11-12,15H,2-10H2,1H3. The van der Waals surface area contributed by atoms with Crippen LogP contribution in [0, 0.1) is 0 Å². The van der Waals surface area contributed by atoms with E-state index >= 15 is 0 Å². The van der Waals surface area contributed by atoms with Crippen LogP contribution in [-0.4, -0.2) is 41.8 Å². The summed E-state index contributed by atoms with van der Waals surface area (Å²) in [6.45, 7) is 3.86. The van der Waals surface area contributed by atoms with E-state index in [4.69, 9.17) is 4.74 Å². The van der Waals surface area contributed by atoms with Gasteiger partial charge in [0.15, 0.2) is 0 Å². The molecule has 3 rings (SSSR count). The largest absolute Gasteiger partial charge is 0.378 e. The number of carbonyl (C=O) groups is 1. The molecule has 1 N–H and O–H groups in total. The molecule has 1 saturated carbocycles. The van der Waals surface area contributed by atoms with Crippen molar-refractivity contribution in [1.82, 2.24) is 10.2 Å². The van der Waals surface area contributed by atoms with Gasteiger partial charge in [0.2, 0.25) is 5.91 Å². The van der Waals surface area contributed by atoms with E-state index in [0.29, 0.717) is 12.0 Å². The smallest absolute Gasteiger partial charge is 0.244 e. The van der Waals surface area contributed by atoms with Crippen molar-refractivity contribution in [3.63, 3.8) is 0 Å². The summed E-state index contributed by atoms with van der Waals surface area (Å²) in [5.41, 5.74) is -0.212. The van der Waals surface area contributed by atoms with E-state index in [1.54, 1.807) is 0 Å². The third-order valence-corrected chi connectivity index (χ3v) is 4.80. The molecule has 102 valence electrons. The van der Waals surface area contributed by atoms with Gasteiger partial charge in [0, 0.05) is 13.2 Å². The lowest BCUT2D eigenvalue weighted by Gasteiger charge is -2.23. The van der Waals surface area contributed by atoms with Gasteiger partial charge in [0.25, 0.3) is 0 Å². The summed E-state index contributed by atoms with van der Waals surface area (Å²) < 4.78 is 5.64. The third-order valence-electron chi connectivity index (χ3n) is 4.80. The summed E-state index contributed by atoms with van der Waals surface area (Å²) in [6, 6.07) is 0. The summed E-state index contributed by atoms with van der Waals surface area (Å²) in [7, 11) is 0. The number of amides is 1. The first kappa shape index (κ1) is 12.4. The zero-order valence-electron chi connectivity index (χ0n) is 11.3. The fraction of sp³-hybridized carbons (Fsp3) is 0.929. The molecule has 0 aromatic carbocycles. The van der Waals surface area contributed by atoms with Crippen molar-refractivity contribution >= 4 is 5.91 Å². The molecule has 0 aromatic rings. The van der Waals surface area contributed by atoms with Crippen LogP contribution in [0.15, 0.2) is 0 Å². The van der Waals surface area contributed by atoms with Crippen LogP contribution in [0.1, 0.15) is 51.9 Å². The molecule has 4 heteroatoms. The Labute approximate surface area is 109 Å². The molecule has 1 aliphatic carbocycles. The number of nitrogens with one attached hydrogen (secondary N) is 1. The minimum Gasteiger partial charge on any atom is -0.378 e. The maximum absolute atomic E-state index is 12.6. The molecular formula is C14H24N2O2. The number of nitrogens with zero attached hydrogens (tertiary/aromatic N) is 1. The van der Waals surface area contributed by atoms with E-state index in [0.717, 1.165) is 38.8 Å². The van der Waals surface area contributed by atoms with Crippen LogP contribution in [-0.2, 0) is 9.53 Å². The first-order valence-corrected chi connectivity index (χ1v) is 7.42. The van der Waals surface area contributed by atoms with E-state index in [1.807, 2.05) is 4.90 Å². The van der Waals surface area contributed by atoms with Crippen molar-refractivity contribution in [2.24, 2.45) is 0 Å². The Bertz CT molecular complexity index is 320. The molecule has 0 radical (unpaired) electrons. The number of ether oxygens (including phenoxy) is 1. The fourth-order valence-corrected chi connectivity index (χ4v) is 3.78. The van der Waals surface area contributed by atoms with Crippen LogP contribution in [0.2, 0.25) is 0 Å². The molecule has 2 unspecified atom stereocenters. The molecule has 2 aliphatic heterocycles. The van der Waals surface area contributed by atoms with Gasteiger partial charge >= 0.3 is 0 Å². The lowest BCUT2D eigenvalue weighted by molar-refractivity contribution is -0.133. The van der Waals surface area contributed by atoms with Gasteiger partial charge < -0.3 is 9.64 Å². The minimum atomic E-state index is -0.212. The topological polar surface area (TPSA) is 41.6 Å². The molecule has 2 saturated heterocycles. The van der Waals surface area contributed by atoms with E-state index in [-0.39, 0.29) is 11.7 Å². The molecule has 3 aliphatic rings. The molecule has 2 atom stereocenters. The molecule has 3 fully saturated rings. The van der Waals surface area contributed by atoms with Crippen LogP contribution in [0.5, 0.6) is 0 Å². The first-order chi connectivity index (χ1) is 8.71. The van der Waals surface area contributed by atoms with Gasteiger partial charge in [-0.3, -0.25) is 10.1 Å². The Kier molecular flexibility index (Phi) is 3.32. The van der Waals surface area contributed by atoms with E-state index in [1.165, 1.54) is 19.3 Å². The maximum Gasteiger partial charge on any atom is 0.244 e. The average Bonchev–Trinajstić information content (AvgIpc) is 3.03. The Morgan fingerprint density at radius 1 is 1.39 bits per heavy atom. The number of hydrogen-bond acceptors (Lipinski definition) is 3. The lowest BCUT2D eigenvalue weighted by Crippen LogP contribution is -2.44. The van der Waals surface area contributed by atoms with Crippen molar-refractivity contribution in [3.05, 3.63) is 0 Å². The van der Waals surface area contributed by atoms with Gasteiger partial charge in [0.1, 0.15) is 0 Å². The second kappa shape index (κ2) is 4.82. The van der Waals surface area contributed by atoms with Crippen LogP contribution in [0.3, 0.4) is 0 Å². The SMILES string of the molecule is CC1NC2(CCCC2)C(=O)N1CCC1CCCO1. The highest BCUT2D eigenvalue weighted by atomic mass is 16.5. The van der Waals surface area contributed by atoms with Crippen LogP contribution < -0.4 is 5.32 Å². The minimum absolute atomic E-state index is 0.192. The maximum atomic E-state index is 12.6. The summed E-state index contributed by atoms with van der Waals surface area (Å²) in [5, 5.41) is 3.54. The molecule has 1 spiro atoms. The molecule has 1 amide bonds. The molecule has 0 bridgehead atoms. The van der Waals surface area contributed by atoms with E-state index in [2.05, 4.69) is 12.2 Å². The highest BCUT2D eigenvalue weighted by Crippen LogP contribution is 2.36. The highest BCUT2D eigenvalue weighted by Gasteiger charge is 2.50. The summed E-state index contributed by atoms with van der Waals surface area (Å²) in [5.74, 6) is 0.338. The molecule has 4 nitrogen and oxygen atoms in total. The second-order valence-electron chi connectivity index (χ2n) is 6.03. The van der Waals surface area contributed by atoms with Crippen molar-refractivity contribution < 1.29 is 9.53 Å². The number of hydrogen-bond donors (Lipinski definition) is 1. The monoisotopic (exact) mass is 252 g/mol. The van der Waals surface area contributed by atoms with Crippen LogP contribution in [0.4, 0.5) is 0 Å². The predicted molar refractivity (Wildman–Crippen MR) is 69.1 cm³/mol. The molecular weight excluding hydrogens is 228 g/mol. The van der Waals surface area contributed by atoms with Crippen molar-refractivity contribution in [3.8, 4) is 0 Å². The average molecular weight is 252 g/mol. The van der Waals surface area contributed by atoms with Gasteiger partial charge in [-0.1, -0.05) is 12.8 Å². The van der Waals surface area contributed by atoms with Gasteiger partial charge in [0.05, 0.1) is 17.8 Å². The van der Waals surface area contributed by atoms with E-state index in [9.17, 15) is 4.79 Å². The van der Waals surface area contributed by atoms with Crippen molar-refractivity contribution in [2.45, 2.75) is 69.7 Å². The van der Waals surface area contributed by atoms with Crippen molar-refractivity contribution in [2.75, 3.05) is 13.2 Å². The number of carbonyl (C=O) groups excluding carboxylic acids is 1. The van der Waals surface area contributed by atoms with Gasteiger partial charge in [-0.15, -0.1) is 0 Å². The van der Waals surface area contributed by atoms with Gasteiger partial charge in [-0.05, 0) is 39.0 Å². The van der Waals surface area contributed by atoms with Crippen LogP contribution >= 0.6 is 0 Å². The van der Waals surface area contributed by atoms with Gasteiger partial charge in [-0.25, -0.2) is 0 Å². The van der Waals surface area contributed by atoms with Crippen LogP contribution in [0.25, 0.3) is 0 Å². The highest BCUT2D eigenvalue weighted by molar-refractivity contribution is 5.89. The molecule has 2 heterocycles. The predicted octanol–water partition coefficient (Wildman–Crippen LogP) is 1.65. The van der Waals surface area contributed by atoms with Crippen molar-refractivity contribution in [1.29, 1.82) is 0 Å². The molecule has 0 aromatic heterocycles. The summed E-state index contributed by atoms with van der Waals surface area (Å²) in [6.07, 6.45) is 8.32. The van der Waals surface area contributed by atoms with E-state index < -0.39 is 0 Å².